The van der Waals surface area contributed by atoms with Crippen LogP contribution in [0.1, 0.15) is 43.5 Å². The molecule has 0 spiro atoms. The lowest BCUT2D eigenvalue weighted by atomic mass is 10.2. The van der Waals surface area contributed by atoms with E-state index in [9.17, 15) is 13.6 Å². The van der Waals surface area contributed by atoms with Crippen LogP contribution in [0.5, 0.6) is 11.5 Å². The molecule has 1 heterocycles. The number of aryl methyl sites for hydroxylation is 1. The summed E-state index contributed by atoms with van der Waals surface area (Å²) >= 11 is 0. The fourth-order valence-electron chi connectivity index (χ4n) is 2.52. The van der Waals surface area contributed by atoms with E-state index in [1.807, 2.05) is 13.8 Å². The lowest BCUT2D eigenvalue weighted by Gasteiger charge is -2.19. The van der Waals surface area contributed by atoms with Gasteiger partial charge in [-0.2, -0.15) is 13.8 Å². The molecule has 0 unspecified atom stereocenters. The number of benzene rings is 1. The summed E-state index contributed by atoms with van der Waals surface area (Å²) < 4.78 is 39.4. The smallest absolute Gasteiger partial charge is 0.387 e. The Kier molecular flexibility index (Phi) is 8.17. The Morgan fingerprint density at radius 1 is 1.31 bits per heavy atom. The van der Waals surface area contributed by atoms with Crippen LogP contribution in [0.3, 0.4) is 0 Å². The van der Waals surface area contributed by atoms with Crippen molar-refractivity contribution in [3.63, 3.8) is 0 Å². The summed E-state index contributed by atoms with van der Waals surface area (Å²) in [4.78, 5) is 18.0. The summed E-state index contributed by atoms with van der Waals surface area (Å²) in [6.45, 7) is 1.76. The van der Waals surface area contributed by atoms with Gasteiger partial charge in [-0.3, -0.25) is 0 Å². The van der Waals surface area contributed by atoms with Crippen LogP contribution in [-0.2, 0) is 13.0 Å². The Labute approximate surface area is 168 Å². The molecule has 0 fully saturated rings. The van der Waals surface area contributed by atoms with E-state index in [-0.39, 0.29) is 30.0 Å². The molecule has 1 aromatic carbocycles. The molecule has 1 N–H and O–H groups in total. The van der Waals surface area contributed by atoms with Crippen LogP contribution < -0.4 is 14.8 Å². The molecule has 0 radical (unpaired) electrons. The largest absolute Gasteiger partial charge is 0.493 e. The molecule has 2 rings (SSSR count). The molecule has 0 aliphatic rings. The highest BCUT2D eigenvalue weighted by atomic mass is 19.3. The minimum Gasteiger partial charge on any atom is -0.493 e. The van der Waals surface area contributed by atoms with Gasteiger partial charge in [0.05, 0.1) is 7.11 Å². The number of halogens is 2. The second kappa shape index (κ2) is 10.6. The lowest BCUT2D eigenvalue weighted by molar-refractivity contribution is -0.0512. The average Bonchev–Trinajstić information content (AvgIpc) is 3.15. The molecular weight excluding hydrogens is 386 g/mol. The summed E-state index contributed by atoms with van der Waals surface area (Å²) in [5, 5.41) is 6.71. The molecule has 10 heteroatoms. The molecular formula is C19H26F2N4O4. The quantitative estimate of drug-likeness (QED) is 0.600. The van der Waals surface area contributed by atoms with Crippen molar-refractivity contribution in [1.29, 1.82) is 0 Å². The second-order valence-electron chi connectivity index (χ2n) is 6.76. The fourth-order valence-corrected chi connectivity index (χ4v) is 2.52. The molecule has 0 saturated heterocycles. The van der Waals surface area contributed by atoms with Crippen LogP contribution in [0, 0.1) is 0 Å². The highest BCUT2D eigenvalue weighted by molar-refractivity contribution is 5.73. The van der Waals surface area contributed by atoms with Gasteiger partial charge in [-0.1, -0.05) is 25.1 Å². The first kappa shape index (κ1) is 22.4. The second-order valence-corrected chi connectivity index (χ2v) is 6.76. The van der Waals surface area contributed by atoms with Gasteiger partial charge in [-0.15, -0.1) is 0 Å². The number of aromatic nitrogens is 2. The van der Waals surface area contributed by atoms with Gasteiger partial charge in [-0.05, 0) is 24.1 Å². The number of hydrogen-bond acceptors (Lipinski definition) is 6. The summed E-state index contributed by atoms with van der Waals surface area (Å²) in [5.41, 5.74) is 0.716. The van der Waals surface area contributed by atoms with Crippen molar-refractivity contribution in [3.05, 3.63) is 35.5 Å². The van der Waals surface area contributed by atoms with Crippen LogP contribution in [0.15, 0.2) is 22.7 Å². The van der Waals surface area contributed by atoms with Gasteiger partial charge in [0.2, 0.25) is 5.89 Å². The van der Waals surface area contributed by atoms with E-state index in [4.69, 9.17) is 9.26 Å². The normalized spacial score (nSPS) is 11.0. The molecule has 1 aromatic heterocycles. The molecule has 0 bridgehead atoms. The van der Waals surface area contributed by atoms with Crippen molar-refractivity contribution in [2.75, 3.05) is 20.7 Å². The molecule has 0 aliphatic carbocycles. The van der Waals surface area contributed by atoms with Crippen LogP contribution >= 0.6 is 0 Å². The number of methoxy groups -OCH3 is 1. The molecule has 29 heavy (non-hydrogen) atoms. The van der Waals surface area contributed by atoms with Gasteiger partial charge in [0.15, 0.2) is 17.3 Å². The van der Waals surface area contributed by atoms with Gasteiger partial charge < -0.3 is 24.2 Å². The highest BCUT2D eigenvalue weighted by Gasteiger charge is 2.14. The van der Waals surface area contributed by atoms with Crippen molar-refractivity contribution in [2.45, 2.75) is 45.8 Å². The van der Waals surface area contributed by atoms with E-state index in [0.29, 0.717) is 36.7 Å². The third-order valence-corrected chi connectivity index (χ3v) is 4.05. The predicted molar refractivity (Wildman–Crippen MR) is 101 cm³/mol. The average molecular weight is 412 g/mol. The molecule has 2 aromatic rings. The number of nitrogens with one attached hydrogen (secondary N) is 1. The van der Waals surface area contributed by atoms with Crippen LogP contribution in [0.25, 0.3) is 0 Å². The van der Waals surface area contributed by atoms with E-state index in [2.05, 4.69) is 20.2 Å². The third kappa shape index (κ3) is 6.88. The molecule has 2 amide bonds. The SMILES string of the molecule is COc1cc(CN(C)C(=O)NCCCc2nc(C(C)C)no2)ccc1OC(F)F. The van der Waals surface area contributed by atoms with Crippen molar-refractivity contribution in [2.24, 2.45) is 0 Å². The highest BCUT2D eigenvalue weighted by Crippen LogP contribution is 2.29. The number of alkyl halides is 2. The Bertz CT molecular complexity index is 798. The molecule has 160 valence electrons. The first-order valence-electron chi connectivity index (χ1n) is 9.23. The van der Waals surface area contributed by atoms with E-state index in [1.165, 1.54) is 18.1 Å². The van der Waals surface area contributed by atoms with E-state index < -0.39 is 6.61 Å². The first-order chi connectivity index (χ1) is 13.8. The Morgan fingerprint density at radius 3 is 2.69 bits per heavy atom. The molecule has 8 nitrogen and oxygen atoms in total. The first-order valence-corrected chi connectivity index (χ1v) is 9.23. The zero-order chi connectivity index (χ0) is 21.4. The number of amides is 2. The van der Waals surface area contributed by atoms with E-state index in [0.717, 1.165) is 0 Å². The van der Waals surface area contributed by atoms with Gasteiger partial charge >= 0.3 is 12.6 Å². The minimum atomic E-state index is -2.94. The Balaban J connectivity index is 1.79. The summed E-state index contributed by atoms with van der Waals surface area (Å²) in [5.74, 6) is 1.55. The summed E-state index contributed by atoms with van der Waals surface area (Å²) in [7, 11) is 3.00. The van der Waals surface area contributed by atoms with Gasteiger partial charge in [0, 0.05) is 32.5 Å². The third-order valence-electron chi connectivity index (χ3n) is 4.05. The summed E-state index contributed by atoms with van der Waals surface area (Å²) in [6.07, 6.45) is 1.24. The standard InChI is InChI=1S/C19H26F2N4O4/c1-12(2)17-23-16(29-24-17)6-5-9-22-19(26)25(3)11-13-7-8-14(28-18(20)21)15(10-13)27-4/h7-8,10,12,18H,5-6,9,11H2,1-4H3,(H,22,26). The fraction of sp³-hybridized carbons (Fsp3) is 0.526. The zero-order valence-electron chi connectivity index (χ0n) is 16.9. The van der Waals surface area contributed by atoms with Crippen molar-refractivity contribution < 1.29 is 27.6 Å². The monoisotopic (exact) mass is 412 g/mol. The van der Waals surface area contributed by atoms with Gasteiger partial charge in [0.1, 0.15) is 0 Å². The lowest BCUT2D eigenvalue weighted by Crippen LogP contribution is -2.37. The molecule has 0 aliphatic heterocycles. The van der Waals surface area contributed by atoms with Gasteiger partial charge in [0.25, 0.3) is 0 Å². The molecule has 0 saturated carbocycles. The minimum absolute atomic E-state index is 0.0556. The number of rotatable bonds is 10. The number of urea groups is 1. The van der Waals surface area contributed by atoms with Crippen LogP contribution in [0.4, 0.5) is 13.6 Å². The zero-order valence-corrected chi connectivity index (χ0v) is 16.9. The number of carbonyl (C=O) groups excluding carboxylic acids is 1. The van der Waals surface area contributed by atoms with Crippen molar-refractivity contribution in [1.82, 2.24) is 20.4 Å². The van der Waals surface area contributed by atoms with Crippen LogP contribution in [-0.4, -0.2) is 48.4 Å². The maximum atomic E-state index is 12.4. The number of nitrogens with zero attached hydrogens (tertiary/aromatic N) is 3. The topological polar surface area (TPSA) is 89.7 Å². The maximum Gasteiger partial charge on any atom is 0.387 e. The number of ether oxygens (including phenoxy) is 2. The molecule has 0 atom stereocenters. The predicted octanol–water partition coefficient (Wildman–Crippen LogP) is 3.58. The number of carbonyl (C=O) groups is 1. The van der Waals surface area contributed by atoms with E-state index in [1.54, 1.807) is 19.2 Å². The van der Waals surface area contributed by atoms with Gasteiger partial charge in [-0.25, -0.2) is 4.79 Å². The van der Waals surface area contributed by atoms with E-state index >= 15 is 0 Å². The summed E-state index contributed by atoms with van der Waals surface area (Å²) in [6, 6.07) is 4.29. The number of hydrogen-bond donors (Lipinski definition) is 1. The Morgan fingerprint density at radius 2 is 2.07 bits per heavy atom. The van der Waals surface area contributed by atoms with Crippen molar-refractivity contribution >= 4 is 6.03 Å². The van der Waals surface area contributed by atoms with Crippen molar-refractivity contribution in [3.8, 4) is 11.5 Å². The maximum absolute atomic E-state index is 12.4. The van der Waals surface area contributed by atoms with Crippen LogP contribution in [0.2, 0.25) is 0 Å². The Hall–Kier alpha value is -2.91.